The van der Waals surface area contributed by atoms with Gasteiger partial charge in [-0.25, -0.2) is 18.1 Å². The average molecular weight is 340 g/mol. The highest BCUT2D eigenvalue weighted by Gasteiger charge is 2.25. The maximum absolute atomic E-state index is 12.0. The van der Waals surface area contributed by atoms with Crippen LogP contribution in [0.25, 0.3) is 0 Å². The summed E-state index contributed by atoms with van der Waals surface area (Å²) in [6.45, 7) is 1.66. The zero-order valence-corrected chi connectivity index (χ0v) is 14.4. The topological polar surface area (TPSA) is 91.4 Å². The van der Waals surface area contributed by atoms with Crippen LogP contribution in [0.3, 0.4) is 0 Å². The first-order valence-corrected chi connectivity index (χ1v) is 9.30. The molecule has 1 aliphatic carbocycles. The third kappa shape index (κ3) is 5.26. The quantitative estimate of drug-likeness (QED) is 0.642. The second-order valence-electron chi connectivity index (χ2n) is 5.77. The highest BCUT2D eigenvalue weighted by molar-refractivity contribution is 7.89. The smallest absolute Gasteiger partial charge is 0.257 e. The van der Waals surface area contributed by atoms with Crippen molar-refractivity contribution < 1.29 is 13.2 Å². The lowest BCUT2D eigenvalue weighted by atomic mass is 10.2. The van der Waals surface area contributed by atoms with Crippen LogP contribution in [0.5, 0.6) is 0 Å². The number of aromatic nitrogens is 1. The molecule has 1 amide bonds. The molecule has 128 valence electrons. The number of hydrogen-bond acceptors (Lipinski definition) is 5. The number of sulfonamides is 1. The Balaban J connectivity index is 1.72. The molecule has 1 saturated carbocycles. The molecule has 0 unspecified atom stereocenters. The molecule has 1 aromatic heterocycles. The van der Waals surface area contributed by atoms with E-state index in [4.69, 9.17) is 0 Å². The molecule has 8 heteroatoms. The number of unbranched alkanes of at least 4 members (excludes halogenated alkanes) is 1. The van der Waals surface area contributed by atoms with Gasteiger partial charge in [0, 0.05) is 18.8 Å². The van der Waals surface area contributed by atoms with Crippen molar-refractivity contribution in [1.29, 1.82) is 0 Å². The number of nitrogens with zero attached hydrogens (tertiary/aromatic N) is 2. The van der Waals surface area contributed by atoms with Gasteiger partial charge in [0.25, 0.3) is 15.9 Å². The van der Waals surface area contributed by atoms with E-state index in [1.807, 2.05) is 0 Å². The lowest BCUT2D eigenvalue weighted by Crippen LogP contribution is -2.27. The molecule has 0 aliphatic heterocycles. The molecule has 0 radical (unpaired) electrons. The zero-order valence-electron chi connectivity index (χ0n) is 13.6. The Hall–Kier alpha value is -1.51. The maximum Gasteiger partial charge on any atom is 0.257 e. The summed E-state index contributed by atoms with van der Waals surface area (Å²) in [6.07, 6.45) is 5.85. The SMILES string of the molecule is CNS(=O)(=O)c1ccc(C(=O)NCCCCN(C)C2CC2)cn1. The number of rotatable bonds is 9. The standard InChI is InChI=1S/C15H24N4O3S/c1-16-23(21,22)14-8-5-12(11-18-14)15(20)17-9-3-4-10-19(2)13-6-7-13/h5,8,11,13,16H,3-4,6-7,9-10H2,1-2H3,(H,17,20). The van der Waals surface area contributed by atoms with E-state index >= 15 is 0 Å². The maximum atomic E-state index is 12.0. The van der Waals surface area contributed by atoms with Crippen LogP contribution in [0, 0.1) is 0 Å². The average Bonchev–Trinajstić information content (AvgIpc) is 3.39. The number of hydrogen-bond donors (Lipinski definition) is 2. The van der Waals surface area contributed by atoms with E-state index in [1.54, 1.807) is 0 Å². The van der Waals surface area contributed by atoms with Gasteiger partial charge in [-0.2, -0.15) is 0 Å². The minimum Gasteiger partial charge on any atom is -0.352 e. The van der Waals surface area contributed by atoms with Crippen molar-refractivity contribution in [3.05, 3.63) is 23.9 Å². The first-order valence-electron chi connectivity index (χ1n) is 7.82. The first kappa shape index (κ1) is 17.8. The zero-order chi connectivity index (χ0) is 16.9. The first-order chi connectivity index (χ1) is 10.9. The summed E-state index contributed by atoms with van der Waals surface area (Å²) >= 11 is 0. The van der Waals surface area contributed by atoms with E-state index in [1.165, 1.54) is 38.2 Å². The van der Waals surface area contributed by atoms with Crippen LogP contribution in [0.4, 0.5) is 0 Å². The Kier molecular flexibility index (Phi) is 6.09. The van der Waals surface area contributed by atoms with Crippen molar-refractivity contribution in [3.8, 4) is 0 Å². The fraction of sp³-hybridized carbons (Fsp3) is 0.600. The molecule has 0 spiro atoms. The Bertz CT molecular complexity index is 627. The number of pyridine rings is 1. The third-order valence-electron chi connectivity index (χ3n) is 3.94. The van der Waals surface area contributed by atoms with Crippen LogP contribution in [0.15, 0.2) is 23.4 Å². The van der Waals surface area contributed by atoms with E-state index in [0.29, 0.717) is 12.1 Å². The van der Waals surface area contributed by atoms with E-state index in [2.05, 4.69) is 27.0 Å². The molecule has 0 bridgehead atoms. The fourth-order valence-electron chi connectivity index (χ4n) is 2.27. The molecule has 1 heterocycles. The molecule has 23 heavy (non-hydrogen) atoms. The monoisotopic (exact) mass is 340 g/mol. The van der Waals surface area contributed by atoms with Crippen LogP contribution in [-0.2, 0) is 10.0 Å². The molecule has 2 rings (SSSR count). The Morgan fingerprint density at radius 2 is 2.09 bits per heavy atom. The van der Waals surface area contributed by atoms with Crippen molar-refractivity contribution in [2.75, 3.05) is 27.2 Å². The fourth-order valence-corrected chi connectivity index (χ4v) is 2.91. The van der Waals surface area contributed by atoms with Crippen LogP contribution >= 0.6 is 0 Å². The Morgan fingerprint density at radius 3 is 2.65 bits per heavy atom. The summed E-state index contributed by atoms with van der Waals surface area (Å²) in [7, 11) is -0.113. The van der Waals surface area contributed by atoms with E-state index in [0.717, 1.165) is 25.4 Å². The van der Waals surface area contributed by atoms with Gasteiger partial charge in [-0.05, 0) is 58.5 Å². The number of carbonyl (C=O) groups is 1. The highest BCUT2D eigenvalue weighted by Crippen LogP contribution is 2.25. The van der Waals surface area contributed by atoms with Gasteiger partial charge in [-0.15, -0.1) is 0 Å². The second kappa shape index (κ2) is 7.85. The number of nitrogens with one attached hydrogen (secondary N) is 2. The predicted octanol–water partition coefficient (Wildman–Crippen LogP) is 0.594. The van der Waals surface area contributed by atoms with Gasteiger partial charge in [0.15, 0.2) is 5.03 Å². The van der Waals surface area contributed by atoms with Crippen LogP contribution in [-0.4, -0.2) is 57.4 Å². The van der Waals surface area contributed by atoms with Crippen molar-refractivity contribution >= 4 is 15.9 Å². The van der Waals surface area contributed by atoms with Gasteiger partial charge in [0.05, 0.1) is 5.56 Å². The number of amides is 1. The summed E-state index contributed by atoms with van der Waals surface area (Å²) in [5, 5.41) is 2.73. The van der Waals surface area contributed by atoms with Gasteiger partial charge in [0.1, 0.15) is 0 Å². The van der Waals surface area contributed by atoms with Gasteiger partial charge in [0.2, 0.25) is 0 Å². The van der Waals surface area contributed by atoms with Gasteiger partial charge in [-0.1, -0.05) is 0 Å². The molecule has 1 aliphatic rings. The number of carbonyl (C=O) groups excluding carboxylic acids is 1. The summed E-state index contributed by atoms with van der Waals surface area (Å²) in [6, 6.07) is 3.56. The minimum absolute atomic E-state index is 0.0975. The third-order valence-corrected chi connectivity index (χ3v) is 5.27. The summed E-state index contributed by atoms with van der Waals surface area (Å²) in [4.78, 5) is 18.1. The van der Waals surface area contributed by atoms with Gasteiger partial charge < -0.3 is 10.2 Å². The normalized spacial score (nSPS) is 14.9. The second-order valence-corrected chi connectivity index (χ2v) is 7.60. The van der Waals surface area contributed by atoms with Crippen molar-refractivity contribution in [2.45, 2.75) is 36.8 Å². The van der Waals surface area contributed by atoms with E-state index < -0.39 is 10.0 Å². The minimum atomic E-state index is -3.57. The molecule has 0 aromatic carbocycles. The van der Waals surface area contributed by atoms with Crippen LogP contribution < -0.4 is 10.0 Å². The molecular weight excluding hydrogens is 316 g/mol. The van der Waals surface area contributed by atoms with Gasteiger partial charge >= 0.3 is 0 Å². The lowest BCUT2D eigenvalue weighted by Gasteiger charge is -2.15. The molecule has 0 atom stereocenters. The highest BCUT2D eigenvalue weighted by atomic mass is 32.2. The molecule has 1 aromatic rings. The molecule has 7 nitrogen and oxygen atoms in total. The summed E-state index contributed by atoms with van der Waals surface area (Å²) < 4.78 is 25.3. The van der Waals surface area contributed by atoms with E-state index in [9.17, 15) is 13.2 Å². The van der Waals surface area contributed by atoms with Crippen LogP contribution in [0.2, 0.25) is 0 Å². The Morgan fingerprint density at radius 1 is 1.35 bits per heavy atom. The van der Waals surface area contributed by atoms with Crippen molar-refractivity contribution in [2.24, 2.45) is 0 Å². The van der Waals surface area contributed by atoms with E-state index in [-0.39, 0.29) is 10.9 Å². The lowest BCUT2D eigenvalue weighted by molar-refractivity contribution is 0.0952. The van der Waals surface area contributed by atoms with Crippen molar-refractivity contribution in [3.63, 3.8) is 0 Å². The molecular formula is C15H24N4O3S. The van der Waals surface area contributed by atoms with Crippen molar-refractivity contribution in [1.82, 2.24) is 19.9 Å². The predicted molar refractivity (Wildman–Crippen MR) is 87.7 cm³/mol. The molecule has 1 fully saturated rings. The summed E-state index contributed by atoms with van der Waals surface area (Å²) in [5.41, 5.74) is 0.357. The van der Waals surface area contributed by atoms with Crippen LogP contribution in [0.1, 0.15) is 36.0 Å². The Labute approximate surface area is 137 Å². The molecule has 2 N–H and O–H groups in total. The molecule has 0 saturated heterocycles. The van der Waals surface area contributed by atoms with Gasteiger partial charge in [-0.3, -0.25) is 4.79 Å². The largest absolute Gasteiger partial charge is 0.352 e. The summed E-state index contributed by atoms with van der Waals surface area (Å²) in [5.74, 6) is -0.235.